The molecule has 0 saturated heterocycles. The Labute approximate surface area is 120 Å². The van der Waals surface area contributed by atoms with E-state index in [0.717, 1.165) is 16.4 Å². The van der Waals surface area contributed by atoms with Gasteiger partial charge in [0.15, 0.2) is 3.95 Å². The maximum atomic E-state index is 5.04. The van der Waals surface area contributed by atoms with Crippen LogP contribution in [-0.2, 0) is 0 Å². The number of aromatic amines is 1. The van der Waals surface area contributed by atoms with Gasteiger partial charge in [0.1, 0.15) is 0 Å². The van der Waals surface area contributed by atoms with Crippen molar-refractivity contribution in [3.63, 3.8) is 0 Å². The maximum absolute atomic E-state index is 5.04. The molecule has 3 nitrogen and oxygen atoms in total. The molecule has 0 atom stereocenters. The molecule has 0 unspecified atom stereocenters. The van der Waals surface area contributed by atoms with Gasteiger partial charge >= 0.3 is 0 Å². The average molecular weight is 285 g/mol. The topological polar surface area (TPSA) is 40.7 Å². The zero-order chi connectivity index (χ0) is 13.1. The summed E-state index contributed by atoms with van der Waals surface area (Å²) in [6.45, 7) is 0. The van der Waals surface area contributed by atoms with Gasteiger partial charge in [-0.2, -0.15) is 0 Å². The highest BCUT2D eigenvalue weighted by Gasteiger charge is 2.05. The van der Waals surface area contributed by atoms with Crippen LogP contribution in [-0.4, -0.2) is 10.2 Å². The van der Waals surface area contributed by atoms with Crippen LogP contribution in [0.5, 0.6) is 0 Å². The number of nitrogens with zero attached hydrogens (tertiary/aromatic N) is 1. The van der Waals surface area contributed by atoms with Gasteiger partial charge in [-0.3, -0.25) is 5.10 Å². The molecule has 0 bridgehead atoms. The van der Waals surface area contributed by atoms with E-state index >= 15 is 0 Å². The highest BCUT2D eigenvalue weighted by atomic mass is 32.1. The summed E-state index contributed by atoms with van der Waals surface area (Å²) < 4.78 is 0.666. The summed E-state index contributed by atoms with van der Waals surface area (Å²) in [5.74, 6) is 0. The van der Waals surface area contributed by atoms with E-state index in [2.05, 4.69) is 33.7 Å². The summed E-state index contributed by atoms with van der Waals surface area (Å²) in [5.41, 5.74) is 3.33. The third-order valence-electron chi connectivity index (χ3n) is 2.69. The first-order valence-electron chi connectivity index (χ1n) is 5.80. The molecule has 19 heavy (non-hydrogen) atoms. The quantitative estimate of drug-likeness (QED) is 0.690. The van der Waals surface area contributed by atoms with Gasteiger partial charge in [-0.05, 0) is 23.8 Å². The van der Waals surface area contributed by atoms with Gasteiger partial charge in [0, 0.05) is 11.3 Å². The number of nitrogens with one attached hydrogen (secondary N) is 2. The Morgan fingerprint density at radius 1 is 1.00 bits per heavy atom. The van der Waals surface area contributed by atoms with Gasteiger partial charge < -0.3 is 5.32 Å². The van der Waals surface area contributed by atoms with Crippen LogP contribution in [0.2, 0.25) is 0 Å². The van der Waals surface area contributed by atoms with Gasteiger partial charge in [0.05, 0.1) is 0 Å². The van der Waals surface area contributed by atoms with Crippen molar-refractivity contribution < 1.29 is 0 Å². The summed E-state index contributed by atoms with van der Waals surface area (Å²) in [6.07, 6.45) is 0. The van der Waals surface area contributed by atoms with Crippen LogP contribution in [0.1, 0.15) is 0 Å². The van der Waals surface area contributed by atoms with Crippen molar-refractivity contribution in [2.45, 2.75) is 0 Å². The molecule has 0 saturated carbocycles. The first-order valence-corrected chi connectivity index (χ1v) is 7.02. The Morgan fingerprint density at radius 2 is 1.74 bits per heavy atom. The highest BCUT2D eigenvalue weighted by Crippen LogP contribution is 2.30. The Kier molecular flexibility index (Phi) is 3.39. The minimum atomic E-state index is 0.666. The lowest BCUT2D eigenvalue weighted by Gasteiger charge is -2.09. The predicted octanol–water partition coefficient (Wildman–Crippen LogP) is 4.61. The van der Waals surface area contributed by atoms with Crippen molar-refractivity contribution >= 4 is 34.4 Å². The molecule has 0 aliphatic rings. The van der Waals surface area contributed by atoms with Crippen molar-refractivity contribution in [2.75, 3.05) is 5.32 Å². The molecule has 2 aromatic carbocycles. The van der Waals surface area contributed by atoms with Crippen LogP contribution in [0, 0.1) is 3.95 Å². The predicted molar refractivity (Wildman–Crippen MR) is 82.5 cm³/mol. The minimum Gasteiger partial charge on any atom is -0.330 e. The van der Waals surface area contributed by atoms with Crippen LogP contribution in [0.25, 0.3) is 11.1 Å². The van der Waals surface area contributed by atoms with E-state index in [0.29, 0.717) is 3.95 Å². The minimum absolute atomic E-state index is 0.666. The third kappa shape index (κ3) is 2.72. The van der Waals surface area contributed by atoms with Crippen LogP contribution in [0.15, 0.2) is 54.6 Å². The second kappa shape index (κ2) is 5.34. The third-order valence-corrected chi connectivity index (χ3v) is 3.70. The van der Waals surface area contributed by atoms with E-state index < -0.39 is 0 Å². The molecule has 94 valence electrons. The SMILES string of the molecule is S=c1[nH]nc(Nc2ccccc2-c2ccccc2)s1. The number of benzene rings is 2. The molecular weight excluding hydrogens is 274 g/mol. The van der Waals surface area contributed by atoms with Crippen LogP contribution >= 0.6 is 23.6 Å². The van der Waals surface area contributed by atoms with E-state index in [-0.39, 0.29) is 0 Å². The fraction of sp³-hybridized carbons (Fsp3) is 0. The van der Waals surface area contributed by atoms with Crippen molar-refractivity contribution in [1.29, 1.82) is 0 Å². The van der Waals surface area contributed by atoms with Crippen molar-refractivity contribution in [3.05, 3.63) is 58.6 Å². The molecule has 0 aliphatic carbocycles. The summed E-state index contributed by atoms with van der Waals surface area (Å²) in [7, 11) is 0. The molecule has 0 aliphatic heterocycles. The molecule has 0 spiro atoms. The molecule has 3 rings (SSSR count). The summed E-state index contributed by atoms with van der Waals surface area (Å²) >= 11 is 6.46. The van der Waals surface area contributed by atoms with Crippen molar-refractivity contribution in [2.24, 2.45) is 0 Å². The number of aromatic nitrogens is 2. The molecule has 2 N–H and O–H groups in total. The lowest BCUT2D eigenvalue weighted by atomic mass is 10.0. The normalized spacial score (nSPS) is 10.3. The first kappa shape index (κ1) is 12.1. The largest absolute Gasteiger partial charge is 0.330 e. The average Bonchev–Trinajstić information content (AvgIpc) is 2.86. The molecule has 0 amide bonds. The fourth-order valence-corrected chi connectivity index (χ4v) is 2.66. The number of hydrogen-bond acceptors (Lipinski definition) is 4. The molecule has 1 aromatic heterocycles. The van der Waals surface area contributed by atoms with Gasteiger partial charge in [-0.25, -0.2) is 0 Å². The summed E-state index contributed by atoms with van der Waals surface area (Å²) in [5, 5.41) is 11.0. The van der Waals surface area contributed by atoms with Gasteiger partial charge in [-0.15, -0.1) is 5.10 Å². The van der Waals surface area contributed by atoms with Crippen LogP contribution in [0.3, 0.4) is 0 Å². The summed E-state index contributed by atoms with van der Waals surface area (Å²) in [4.78, 5) is 0. The molecule has 5 heteroatoms. The summed E-state index contributed by atoms with van der Waals surface area (Å²) in [6, 6.07) is 18.4. The molecule has 0 fully saturated rings. The Bertz CT molecular complexity index is 731. The zero-order valence-electron chi connectivity index (χ0n) is 9.96. The van der Waals surface area contributed by atoms with E-state index in [9.17, 15) is 0 Å². The monoisotopic (exact) mass is 285 g/mol. The first-order chi connectivity index (χ1) is 9.33. The van der Waals surface area contributed by atoms with Gasteiger partial charge in [-0.1, -0.05) is 59.9 Å². The zero-order valence-corrected chi connectivity index (χ0v) is 11.6. The number of para-hydroxylation sites is 1. The molecule has 3 aromatic rings. The van der Waals surface area contributed by atoms with Crippen molar-refractivity contribution in [3.8, 4) is 11.1 Å². The highest BCUT2D eigenvalue weighted by molar-refractivity contribution is 7.73. The Hall–Kier alpha value is -1.98. The number of rotatable bonds is 3. The fourth-order valence-electron chi connectivity index (χ4n) is 1.86. The van der Waals surface area contributed by atoms with Crippen LogP contribution in [0.4, 0.5) is 10.8 Å². The molecule has 0 radical (unpaired) electrons. The van der Waals surface area contributed by atoms with Crippen molar-refractivity contribution in [1.82, 2.24) is 10.2 Å². The van der Waals surface area contributed by atoms with E-state index in [1.54, 1.807) is 0 Å². The lowest BCUT2D eigenvalue weighted by molar-refractivity contribution is 1.08. The number of anilines is 2. The molecule has 1 heterocycles. The second-order valence-electron chi connectivity index (χ2n) is 3.95. The Morgan fingerprint density at radius 3 is 2.47 bits per heavy atom. The maximum Gasteiger partial charge on any atom is 0.208 e. The van der Waals surface area contributed by atoms with E-state index in [4.69, 9.17) is 12.2 Å². The van der Waals surface area contributed by atoms with Gasteiger partial charge in [0.25, 0.3) is 0 Å². The lowest BCUT2D eigenvalue weighted by Crippen LogP contribution is -1.92. The standard InChI is InChI=1S/C14H11N3S2/c18-14-17-16-13(19-14)15-12-9-5-4-8-11(12)10-6-2-1-3-7-10/h1-9H,(H,15,16)(H,17,18). The van der Waals surface area contributed by atoms with Gasteiger partial charge in [0.2, 0.25) is 5.13 Å². The Balaban J connectivity index is 2.00. The van der Waals surface area contributed by atoms with Crippen LogP contribution < -0.4 is 5.32 Å². The number of hydrogen-bond donors (Lipinski definition) is 2. The second-order valence-corrected chi connectivity index (χ2v) is 5.62. The molecular formula is C14H11N3S2. The van der Waals surface area contributed by atoms with E-state index in [1.165, 1.54) is 16.9 Å². The number of H-pyrrole nitrogens is 1. The van der Waals surface area contributed by atoms with E-state index in [1.807, 2.05) is 36.4 Å². The smallest absolute Gasteiger partial charge is 0.208 e.